The normalized spacial score (nSPS) is 11.2. The van der Waals surface area contributed by atoms with Crippen molar-refractivity contribution < 1.29 is 0 Å². The summed E-state index contributed by atoms with van der Waals surface area (Å²) in [5.74, 6) is 0. The zero-order valence-electron chi connectivity index (χ0n) is 17.7. The number of imidazole rings is 1. The molecule has 0 aliphatic rings. The first-order chi connectivity index (χ1) is 15.6. The van der Waals surface area contributed by atoms with E-state index in [-0.39, 0.29) is 12.1 Å². The molecule has 0 N–H and O–H groups in total. The highest BCUT2D eigenvalue weighted by Gasteiger charge is 2.19. The molecule has 0 radical (unpaired) electrons. The Morgan fingerprint density at radius 2 is 1.44 bits per heavy atom. The first-order valence-electron chi connectivity index (χ1n) is 10.5. The van der Waals surface area contributed by atoms with E-state index in [0.29, 0.717) is 23.4 Å². The molecule has 0 spiro atoms. The summed E-state index contributed by atoms with van der Waals surface area (Å²) >= 11 is 0. The average molecular weight is 422 g/mol. The molecule has 32 heavy (non-hydrogen) atoms. The largest absolute Gasteiger partial charge is 0.337 e. The Kier molecular flexibility index (Phi) is 5.03. The van der Waals surface area contributed by atoms with Crippen molar-refractivity contribution >= 4 is 11.2 Å². The van der Waals surface area contributed by atoms with Crippen LogP contribution in [-0.2, 0) is 13.1 Å². The predicted octanol–water partition coefficient (Wildman–Crippen LogP) is 3.75. The number of hydrogen-bond acceptors (Lipinski definition) is 3. The van der Waals surface area contributed by atoms with Crippen LogP contribution in [0, 0.1) is 6.92 Å². The number of aryl methyl sites for hydroxylation is 1. The summed E-state index contributed by atoms with van der Waals surface area (Å²) in [6.45, 7) is 2.65. The monoisotopic (exact) mass is 422 g/mol. The third kappa shape index (κ3) is 3.56. The van der Waals surface area contributed by atoms with E-state index in [1.807, 2.05) is 96.4 Å². The lowest BCUT2D eigenvalue weighted by atomic mass is 10.2. The molecule has 5 rings (SSSR count). The Hall–Kier alpha value is -4.19. The van der Waals surface area contributed by atoms with E-state index in [0.717, 1.165) is 16.7 Å². The van der Waals surface area contributed by atoms with Crippen LogP contribution in [-0.4, -0.2) is 18.7 Å². The van der Waals surface area contributed by atoms with E-state index in [2.05, 4.69) is 4.98 Å². The van der Waals surface area contributed by atoms with Crippen LogP contribution in [0.4, 0.5) is 0 Å². The van der Waals surface area contributed by atoms with Crippen LogP contribution < -0.4 is 11.2 Å². The van der Waals surface area contributed by atoms with Gasteiger partial charge in [-0.1, -0.05) is 72.8 Å². The van der Waals surface area contributed by atoms with Crippen molar-refractivity contribution in [2.45, 2.75) is 20.0 Å². The van der Waals surface area contributed by atoms with Crippen molar-refractivity contribution in [1.29, 1.82) is 0 Å². The van der Waals surface area contributed by atoms with Gasteiger partial charge in [0.05, 0.1) is 18.6 Å². The van der Waals surface area contributed by atoms with Gasteiger partial charge in [0.25, 0.3) is 5.56 Å². The molecule has 5 aromatic rings. The summed E-state index contributed by atoms with van der Waals surface area (Å²) in [6.07, 6.45) is 1.64. The van der Waals surface area contributed by atoms with Crippen LogP contribution in [0.25, 0.3) is 16.9 Å². The van der Waals surface area contributed by atoms with Crippen molar-refractivity contribution in [2.75, 3.05) is 0 Å². The predicted molar refractivity (Wildman–Crippen MR) is 125 cm³/mol. The smallest absolute Gasteiger partial charge is 0.320 e. The molecular weight excluding hydrogens is 400 g/mol. The van der Waals surface area contributed by atoms with E-state index < -0.39 is 5.69 Å². The van der Waals surface area contributed by atoms with Gasteiger partial charge in [0.15, 0.2) is 11.2 Å². The Bertz CT molecular complexity index is 1510. The second kappa shape index (κ2) is 8.15. The highest BCUT2D eigenvalue weighted by atomic mass is 16.2. The molecule has 0 saturated carbocycles. The molecule has 0 fully saturated rings. The maximum absolute atomic E-state index is 13.6. The summed E-state index contributed by atoms with van der Waals surface area (Å²) in [5, 5.41) is 0. The van der Waals surface area contributed by atoms with E-state index in [1.165, 1.54) is 9.13 Å². The summed E-state index contributed by atoms with van der Waals surface area (Å²) in [5.41, 5.74) is 3.67. The average Bonchev–Trinajstić information content (AvgIpc) is 3.21. The molecule has 3 aromatic carbocycles. The molecule has 2 aromatic heterocycles. The summed E-state index contributed by atoms with van der Waals surface area (Å²) in [7, 11) is 0. The maximum Gasteiger partial charge on any atom is 0.337 e. The number of fused-ring (bicyclic) bond motifs is 1. The lowest BCUT2D eigenvalue weighted by Gasteiger charge is -2.13. The van der Waals surface area contributed by atoms with Crippen molar-refractivity contribution in [3.63, 3.8) is 0 Å². The SMILES string of the molecule is Cc1cccc(-n2c(=O)n(Cc3ccccc3)c(=O)c3c2ncn3Cc2ccccc2)c1. The molecule has 2 heterocycles. The quantitative estimate of drug-likeness (QED) is 0.433. The highest BCUT2D eigenvalue weighted by molar-refractivity contribution is 5.72. The Balaban J connectivity index is 1.78. The van der Waals surface area contributed by atoms with Crippen LogP contribution in [0.5, 0.6) is 0 Å². The molecule has 158 valence electrons. The topological polar surface area (TPSA) is 61.8 Å². The van der Waals surface area contributed by atoms with Gasteiger partial charge in [0.1, 0.15) is 0 Å². The molecule has 0 atom stereocenters. The fourth-order valence-corrected chi connectivity index (χ4v) is 3.99. The maximum atomic E-state index is 13.6. The minimum absolute atomic E-state index is 0.191. The van der Waals surface area contributed by atoms with Crippen molar-refractivity contribution in [2.24, 2.45) is 0 Å². The van der Waals surface area contributed by atoms with Gasteiger partial charge in [0, 0.05) is 6.54 Å². The fourth-order valence-electron chi connectivity index (χ4n) is 3.99. The van der Waals surface area contributed by atoms with E-state index in [1.54, 1.807) is 6.33 Å². The Morgan fingerprint density at radius 3 is 2.09 bits per heavy atom. The molecule has 0 saturated heterocycles. The van der Waals surface area contributed by atoms with Gasteiger partial charge in [-0.15, -0.1) is 0 Å². The molecule has 0 unspecified atom stereocenters. The molecule has 0 aliphatic heterocycles. The Labute approximate surface area is 184 Å². The Morgan fingerprint density at radius 1 is 0.781 bits per heavy atom. The second-order valence-corrected chi connectivity index (χ2v) is 7.86. The third-order valence-corrected chi connectivity index (χ3v) is 5.54. The number of benzene rings is 3. The first-order valence-corrected chi connectivity index (χ1v) is 10.5. The minimum Gasteiger partial charge on any atom is -0.320 e. The number of rotatable bonds is 5. The van der Waals surface area contributed by atoms with Gasteiger partial charge >= 0.3 is 5.69 Å². The minimum atomic E-state index is -0.401. The molecular formula is C26H22N4O2. The second-order valence-electron chi connectivity index (χ2n) is 7.86. The summed E-state index contributed by atoms with van der Waals surface area (Å²) in [6, 6.07) is 27.1. The highest BCUT2D eigenvalue weighted by Crippen LogP contribution is 2.16. The standard InChI is InChI=1S/C26H22N4O2/c1-19-9-8-14-22(15-19)30-24-23(28(18-27-24)16-20-10-4-2-5-11-20)25(31)29(26(30)32)17-21-12-6-3-7-13-21/h2-15,18H,16-17H2,1H3. The van der Waals surface area contributed by atoms with Gasteiger partial charge in [-0.05, 0) is 35.7 Å². The fraction of sp³-hybridized carbons (Fsp3) is 0.115. The van der Waals surface area contributed by atoms with Gasteiger partial charge in [-0.25, -0.2) is 14.3 Å². The van der Waals surface area contributed by atoms with Crippen LogP contribution >= 0.6 is 0 Å². The molecule has 6 nitrogen and oxygen atoms in total. The van der Waals surface area contributed by atoms with Gasteiger partial charge in [-0.2, -0.15) is 0 Å². The lowest BCUT2D eigenvalue weighted by Crippen LogP contribution is -2.40. The zero-order valence-corrected chi connectivity index (χ0v) is 17.7. The van der Waals surface area contributed by atoms with Gasteiger partial charge in [0.2, 0.25) is 0 Å². The van der Waals surface area contributed by atoms with E-state index >= 15 is 0 Å². The van der Waals surface area contributed by atoms with Crippen LogP contribution in [0.15, 0.2) is 101 Å². The lowest BCUT2D eigenvalue weighted by molar-refractivity contribution is 0.677. The zero-order chi connectivity index (χ0) is 22.1. The summed E-state index contributed by atoms with van der Waals surface area (Å²) in [4.78, 5) is 31.6. The van der Waals surface area contributed by atoms with E-state index in [9.17, 15) is 9.59 Å². The van der Waals surface area contributed by atoms with Crippen molar-refractivity contribution in [3.05, 3.63) is 129 Å². The van der Waals surface area contributed by atoms with Gasteiger partial charge in [-0.3, -0.25) is 9.36 Å². The first kappa shape index (κ1) is 19.8. The molecule has 0 amide bonds. The van der Waals surface area contributed by atoms with Crippen LogP contribution in [0.2, 0.25) is 0 Å². The number of aromatic nitrogens is 4. The van der Waals surface area contributed by atoms with Crippen molar-refractivity contribution in [1.82, 2.24) is 18.7 Å². The summed E-state index contributed by atoms with van der Waals surface area (Å²) < 4.78 is 4.65. The number of nitrogens with zero attached hydrogens (tertiary/aromatic N) is 4. The van der Waals surface area contributed by atoms with Crippen molar-refractivity contribution in [3.8, 4) is 5.69 Å². The molecule has 0 bridgehead atoms. The molecule has 6 heteroatoms. The number of hydrogen-bond donors (Lipinski definition) is 0. The molecule has 0 aliphatic carbocycles. The van der Waals surface area contributed by atoms with E-state index in [4.69, 9.17) is 0 Å². The van der Waals surface area contributed by atoms with Crippen LogP contribution in [0.1, 0.15) is 16.7 Å². The van der Waals surface area contributed by atoms with Crippen LogP contribution in [0.3, 0.4) is 0 Å². The third-order valence-electron chi connectivity index (χ3n) is 5.54. The van der Waals surface area contributed by atoms with Gasteiger partial charge < -0.3 is 4.57 Å².